The minimum absolute atomic E-state index is 0.263. The molecule has 0 saturated carbocycles. The summed E-state index contributed by atoms with van der Waals surface area (Å²) in [6.07, 6.45) is 2.08. The fraction of sp³-hybridized carbons (Fsp3) is 0.333. The molecule has 0 aliphatic carbocycles. The molecule has 1 aromatic heterocycles. The van der Waals surface area contributed by atoms with Crippen LogP contribution in [-0.4, -0.2) is 29.1 Å². The highest BCUT2D eigenvalue weighted by molar-refractivity contribution is 5.93. The average molecular weight is 196 g/mol. The fourth-order valence-electron chi connectivity index (χ4n) is 1.29. The van der Waals surface area contributed by atoms with Crippen LogP contribution in [0.2, 0.25) is 0 Å². The molecule has 74 valence electrons. The molecular formula is C9H9FN2O2. The van der Waals surface area contributed by atoms with Crippen LogP contribution in [0.15, 0.2) is 18.3 Å². The number of nitrogens with zero attached hydrogens (tertiary/aromatic N) is 2. The normalized spacial score (nSPS) is 15.9. The summed E-state index contributed by atoms with van der Waals surface area (Å²) in [6, 6.07) is 2.57. The van der Waals surface area contributed by atoms with Gasteiger partial charge in [-0.15, -0.1) is 0 Å². The summed E-state index contributed by atoms with van der Waals surface area (Å²) in [4.78, 5) is 20.0. The van der Waals surface area contributed by atoms with E-state index >= 15 is 0 Å². The molecule has 1 amide bonds. The third kappa shape index (κ3) is 1.72. The minimum Gasteiger partial charge on any atom is -0.271 e. The van der Waals surface area contributed by atoms with Gasteiger partial charge in [-0.3, -0.25) is 9.63 Å². The van der Waals surface area contributed by atoms with E-state index in [9.17, 15) is 9.18 Å². The van der Waals surface area contributed by atoms with Gasteiger partial charge in [-0.25, -0.2) is 10.0 Å². The summed E-state index contributed by atoms with van der Waals surface area (Å²) in [6.45, 7) is 1.10. The van der Waals surface area contributed by atoms with E-state index < -0.39 is 5.95 Å². The first-order valence-electron chi connectivity index (χ1n) is 4.34. The van der Waals surface area contributed by atoms with Crippen molar-refractivity contribution in [2.45, 2.75) is 6.42 Å². The van der Waals surface area contributed by atoms with Crippen molar-refractivity contribution in [3.63, 3.8) is 0 Å². The van der Waals surface area contributed by atoms with Gasteiger partial charge in [0.15, 0.2) is 0 Å². The van der Waals surface area contributed by atoms with E-state index in [1.54, 1.807) is 0 Å². The van der Waals surface area contributed by atoms with Gasteiger partial charge in [-0.05, 0) is 12.5 Å². The molecular weight excluding hydrogens is 187 g/mol. The summed E-state index contributed by atoms with van der Waals surface area (Å²) in [5.74, 6) is -0.973. The smallest absolute Gasteiger partial charge is 0.271 e. The van der Waals surface area contributed by atoms with E-state index in [1.807, 2.05) is 0 Å². The topological polar surface area (TPSA) is 42.4 Å². The maximum absolute atomic E-state index is 12.7. The van der Waals surface area contributed by atoms with Gasteiger partial charge in [0.05, 0.1) is 13.2 Å². The lowest BCUT2D eigenvalue weighted by Crippen LogP contribution is -2.26. The molecule has 0 atom stereocenters. The fourth-order valence-corrected chi connectivity index (χ4v) is 1.29. The van der Waals surface area contributed by atoms with Gasteiger partial charge >= 0.3 is 0 Å². The molecule has 0 spiro atoms. The molecule has 14 heavy (non-hydrogen) atoms. The maximum Gasteiger partial charge on any atom is 0.277 e. The predicted molar refractivity (Wildman–Crippen MR) is 45.8 cm³/mol. The Balaban J connectivity index is 2.17. The molecule has 1 saturated heterocycles. The molecule has 2 rings (SSSR count). The van der Waals surface area contributed by atoms with Crippen LogP contribution in [0.3, 0.4) is 0 Å². The Morgan fingerprint density at radius 2 is 2.50 bits per heavy atom. The number of aromatic nitrogens is 1. The van der Waals surface area contributed by atoms with Gasteiger partial charge in [0.1, 0.15) is 0 Å². The van der Waals surface area contributed by atoms with Crippen molar-refractivity contribution >= 4 is 5.91 Å². The van der Waals surface area contributed by atoms with Crippen molar-refractivity contribution in [1.82, 2.24) is 10.0 Å². The minimum atomic E-state index is -0.657. The average Bonchev–Trinajstić information content (AvgIpc) is 2.69. The van der Waals surface area contributed by atoms with Crippen molar-refractivity contribution < 1.29 is 14.0 Å². The van der Waals surface area contributed by atoms with Gasteiger partial charge in [0.2, 0.25) is 5.95 Å². The first-order valence-corrected chi connectivity index (χ1v) is 4.34. The van der Waals surface area contributed by atoms with Crippen LogP contribution in [0.4, 0.5) is 4.39 Å². The molecule has 0 aromatic carbocycles. The zero-order valence-corrected chi connectivity index (χ0v) is 7.44. The summed E-state index contributed by atoms with van der Waals surface area (Å²) in [5.41, 5.74) is 0.263. The van der Waals surface area contributed by atoms with Crippen molar-refractivity contribution in [3.8, 4) is 0 Å². The zero-order chi connectivity index (χ0) is 9.97. The van der Waals surface area contributed by atoms with Crippen LogP contribution in [0.5, 0.6) is 0 Å². The second kappa shape index (κ2) is 3.71. The lowest BCUT2D eigenvalue weighted by Gasteiger charge is -2.13. The standard InChI is InChI=1S/C9H9FN2O2/c10-8-6-7(2-3-11-8)9(13)12-4-1-5-14-12/h2-3,6H,1,4-5H2. The number of rotatable bonds is 1. The molecule has 1 aliphatic heterocycles. The van der Waals surface area contributed by atoms with Crippen LogP contribution in [0.25, 0.3) is 0 Å². The number of amides is 1. The predicted octanol–water partition coefficient (Wildman–Crippen LogP) is 0.998. The first kappa shape index (κ1) is 9.08. The number of halogens is 1. The molecule has 2 heterocycles. The Morgan fingerprint density at radius 1 is 1.64 bits per heavy atom. The van der Waals surface area contributed by atoms with Crippen LogP contribution < -0.4 is 0 Å². The molecule has 0 radical (unpaired) electrons. The summed E-state index contributed by atoms with van der Waals surface area (Å²) in [5, 5.41) is 1.24. The van der Waals surface area contributed by atoms with Crippen LogP contribution in [0.1, 0.15) is 16.8 Å². The highest BCUT2D eigenvalue weighted by Gasteiger charge is 2.20. The Hall–Kier alpha value is -1.49. The molecule has 0 bridgehead atoms. The Labute approximate surface area is 80.3 Å². The lowest BCUT2D eigenvalue weighted by molar-refractivity contribution is -0.0768. The van der Waals surface area contributed by atoms with E-state index in [0.717, 1.165) is 12.5 Å². The number of hydrogen-bond acceptors (Lipinski definition) is 3. The molecule has 1 fully saturated rings. The van der Waals surface area contributed by atoms with Crippen LogP contribution >= 0.6 is 0 Å². The SMILES string of the molecule is O=C(c1ccnc(F)c1)N1CCCO1. The second-order valence-corrected chi connectivity index (χ2v) is 2.96. The van der Waals surface area contributed by atoms with E-state index in [2.05, 4.69) is 4.98 Å². The van der Waals surface area contributed by atoms with E-state index in [0.29, 0.717) is 13.2 Å². The Bertz CT molecular complexity index is 350. The molecule has 5 heteroatoms. The van der Waals surface area contributed by atoms with E-state index in [4.69, 9.17) is 4.84 Å². The number of hydrogen-bond donors (Lipinski definition) is 0. The van der Waals surface area contributed by atoms with Crippen LogP contribution in [0, 0.1) is 5.95 Å². The summed E-state index contributed by atoms with van der Waals surface area (Å²) in [7, 11) is 0. The first-order chi connectivity index (χ1) is 6.77. The van der Waals surface area contributed by atoms with Crippen LogP contribution in [-0.2, 0) is 4.84 Å². The largest absolute Gasteiger partial charge is 0.277 e. The Kier molecular flexibility index (Phi) is 2.41. The highest BCUT2D eigenvalue weighted by atomic mass is 19.1. The zero-order valence-electron chi connectivity index (χ0n) is 7.44. The molecule has 4 nitrogen and oxygen atoms in total. The van der Waals surface area contributed by atoms with Gasteiger partial charge in [-0.2, -0.15) is 4.39 Å². The Morgan fingerprint density at radius 3 is 3.14 bits per heavy atom. The quantitative estimate of drug-likeness (QED) is 0.629. The summed E-state index contributed by atoms with van der Waals surface area (Å²) >= 11 is 0. The third-order valence-electron chi connectivity index (χ3n) is 1.95. The van der Waals surface area contributed by atoms with E-state index in [1.165, 1.54) is 17.3 Å². The molecule has 1 aromatic rings. The van der Waals surface area contributed by atoms with Crippen molar-refractivity contribution in [2.24, 2.45) is 0 Å². The number of pyridine rings is 1. The highest BCUT2D eigenvalue weighted by Crippen LogP contribution is 2.10. The molecule has 0 N–H and O–H groups in total. The molecule has 0 unspecified atom stereocenters. The van der Waals surface area contributed by atoms with Crippen molar-refractivity contribution in [2.75, 3.05) is 13.2 Å². The summed E-state index contributed by atoms with van der Waals surface area (Å²) < 4.78 is 12.7. The molecule has 1 aliphatic rings. The second-order valence-electron chi connectivity index (χ2n) is 2.96. The van der Waals surface area contributed by atoms with Gasteiger partial charge in [0, 0.05) is 17.8 Å². The van der Waals surface area contributed by atoms with Gasteiger partial charge in [0.25, 0.3) is 5.91 Å². The van der Waals surface area contributed by atoms with Gasteiger partial charge < -0.3 is 0 Å². The van der Waals surface area contributed by atoms with Crippen molar-refractivity contribution in [1.29, 1.82) is 0 Å². The number of carbonyl (C=O) groups is 1. The van der Waals surface area contributed by atoms with Gasteiger partial charge in [-0.1, -0.05) is 0 Å². The number of carbonyl (C=O) groups excluding carboxylic acids is 1. The van der Waals surface area contributed by atoms with Crippen molar-refractivity contribution in [3.05, 3.63) is 29.8 Å². The van der Waals surface area contributed by atoms with E-state index in [-0.39, 0.29) is 11.5 Å². The third-order valence-corrected chi connectivity index (χ3v) is 1.95. The lowest BCUT2D eigenvalue weighted by atomic mass is 10.2. The monoisotopic (exact) mass is 196 g/mol. The number of hydroxylamine groups is 2. The maximum atomic E-state index is 12.7.